The Hall–Kier alpha value is -0.440. The van der Waals surface area contributed by atoms with Gasteiger partial charge in [-0.3, -0.25) is 0 Å². The van der Waals surface area contributed by atoms with Gasteiger partial charge >= 0.3 is 0 Å². The Morgan fingerprint density at radius 2 is 1.85 bits per heavy atom. The summed E-state index contributed by atoms with van der Waals surface area (Å²) in [6.45, 7) is 4.38. The molecule has 1 saturated heterocycles. The molecule has 1 atom stereocenters. The van der Waals surface area contributed by atoms with Gasteiger partial charge in [0.25, 0.3) is 0 Å². The van der Waals surface area contributed by atoms with E-state index in [-0.39, 0.29) is 0 Å². The Balaban J connectivity index is 1.90. The Morgan fingerprint density at radius 1 is 1.20 bits per heavy atom. The van der Waals surface area contributed by atoms with Crippen LogP contribution in [0.15, 0.2) is 18.2 Å². The van der Waals surface area contributed by atoms with E-state index < -0.39 is 0 Å². The van der Waals surface area contributed by atoms with E-state index in [1.54, 1.807) is 6.07 Å². The van der Waals surface area contributed by atoms with Crippen LogP contribution in [0.3, 0.4) is 0 Å². The molecule has 1 saturated carbocycles. The van der Waals surface area contributed by atoms with Crippen molar-refractivity contribution in [1.29, 1.82) is 0 Å². The van der Waals surface area contributed by atoms with Gasteiger partial charge in [-0.2, -0.15) is 0 Å². The zero-order chi connectivity index (χ0) is 14.2. The lowest BCUT2D eigenvalue weighted by molar-refractivity contribution is 0.267. The number of rotatable bonds is 2. The third-order valence-corrected chi connectivity index (χ3v) is 5.27. The van der Waals surface area contributed by atoms with Crippen LogP contribution in [0.25, 0.3) is 0 Å². The van der Waals surface area contributed by atoms with Crippen LogP contribution in [0.5, 0.6) is 0 Å². The van der Waals surface area contributed by atoms with Crippen LogP contribution in [0.1, 0.15) is 39.0 Å². The quantitative estimate of drug-likeness (QED) is 0.865. The normalized spacial score (nSPS) is 25.4. The summed E-state index contributed by atoms with van der Waals surface area (Å²) in [7, 11) is 0. The summed E-state index contributed by atoms with van der Waals surface area (Å²) in [6, 6.07) is 6.42. The molecule has 2 nitrogen and oxygen atoms in total. The van der Waals surface area contributed by atoms with Crippen molar-refractivity contribution >= 4 is 28.9 Å². The smallest absolute Gasteiger partial charge is 0.0441 e. The van der Waals surface area contributed by atoms with Gasteiger partial charge in [0.1, 0.15) is 0 Å². The first-order valence-corrected chi connectivity index (χ1v) is 8.35. The van der Waals surface area contributed by atoms with Crippen molar-refractivity contribution in [2.75, 3.05) is 18.0 Å². The molecule has 1 aromatic rings. The van der Waals surface area contributed by atoms with Gasteiger partial charge in [0.2, 0.25) is 0 Å². The van der Waals surface area contributed by atoms with E-state index >= 15 is 0 Å². The first kappa shape index (κ1) is 14.5. The minimum absolute atomic E-state index is 0.306. The third-order valence-electron chi connectivity index (χ3n) is 4.84. The zero-order valence-corrected chi connectivity index (χ0v) is 13.5. The van der Waals surface area contributed by atoms with Crippen LogP contribution in [0.2, 0.25) is 10.0 Å². The topological polar surface area (TPSA) is 15.3 Å². The molecule has 0 radical (unpaired) electrons. The van der Waals surface area contributed by atoms with Gasteiger partial charge in [-0.05, 0) is 37.5 Å². The summed E-state index contributed by atoms with van der Waals surface area (Å²) in [4.78, 5) is 2.51. The lowest BCUT2D eigenvalue weighted by Gasteiger charge is -2.47. The van der Waals surface area contributed by atoms with E-state index in [9.17, 15) is 0 Å². The molecular weight excluding hydrogens is 291 g/mol. The van der Waals surface area contributed by atoms with Crippen LogP contribution >= 0.6 is 23.2 Å². The molecule has 1 aliphatic carbocycles. The second-order valence-electron chi connectivity index (χ2n) is 6.19. The van der Waals surface area contributed by atoms with Gasteiger partial charge in [-0.1, -0.05) is 43.0 Å². The third kappa shape index (κ3) is 2.79. The number of nitrogens with zero attached hydrogens (tertiary/aromatic N) is 1. The molecule has 1 N–H and O–H groups in total. The summed E-state index contributed by atoms with van der Waals surface area (Å²) in [5, 5.41) is 5.26. The van der Waals surface area contributed by atoms with Gasteiger partial charge in [0.05, 0.1) is 0 Å². The van der Waals surface area contributed by atoms with E-state index in [4.69, 9.17) is 23.2 Å². The van der Waals surface area contributed by atoms with Crippen LogP contribution < -0.4 is 10.2 Å². The highest BCUT2D eigenvalue weighted by atomic mass is 35.5. The average Bonchev–Trinajstić information content (AvgIpc) is 2.86. The molecule has 1 unspecified atom stereocenters. The van der Waals surface area contributed by atoms with Crippen LogP contribution in [-0.4, -0.2) is 24.7 Å². The molecule has 1 aromatic carbocycles. The number of hydrogen-bond donors (Lipinski definition) is 1. The summed E-state index contributed by atoms with van der Waals surface area (Å²) in [5.41, 5.74) is 1.47. The number of halogens is 2. The van der Waals surface area contributed by atoms with Crippen molar-refractivity contribution in [1.82, 2.24) is 5.32 Å². The van der Waals surface area contributed by atoms with E-state index in [0.717, 1.165) is 29.6 Å². The molecule has 3 rings (SSSR count). The molecule has 4 heteroatoms. The van der Waals surface area contributed by atoms with Crippen molar-refractivity contribution in [3.63, 3.8) is 0 Å². The Morgan fingerprint density at radius 3 is 2.45 bits per heavy atom. The molecule has 1 aliphatic heterocycles. The largest absolute Gasteiger partial charge is 0.365 e. The molecule has 0 amide bonds. The number of piperazine rings is 1. The minimum atomic E-state index is 0.306. The van der Waals surface area contributed by atoms with Crippen molar-refractivity contribution in [3.8, 4) is 0 Å². The fourth-order valence-corrected chi connectivity index (χ4v) is 4.23. The van der Waals surface area contributed by atoms with Crippen molar-refractivity contribution in [2.45, 2.75) is 50.6 Å². The Kier molecular flexibility index (Phi) is 4.16. The minimum Gasteiger partial charge on any atom is -0.365 e. The molecule has 1 heterocycles. The zero-order valence-electron chi connectivity index (χ0n) is 12.0. The molecule has 20 heavy (non-hydrogen) atoms. The fourth-order valence-electron chi connectivity index (χ4n) is 3.71. The molecule has 2 aliphatic rings. The van der Waals surface area contributed by atoms with E-state index in [1.807, 2.05) is 12.1 Å². The number of nitrogens with one attached hydrogen (secondary N) is 1. The van der Waals surface area contributed by atoms with Gasteiger partial charge in [0.15, 0.2) is 0 Å². The van der Waals surface area contributed by atoms with Crippen LogP contribution in [0.4, 0.5) is 5.69 Å². The monoisotopic (exact) mass is 312 g/mol. The van der Waals surface area contributed by atoms with Gasteiger partial charge in [-0.15, -0.1) is 0 Å². The SMILES string of the molecule is CCC1CNC2(CCCC2)CN1c1cc(Cl)cc(Cl)c1. The van der Waals surface area contributed by atoms with Crippen LogP contribution in [0, 0.1) is 0 Å². The van der Waals surface area contributed by atoms with E-state index in [1.165, 1.54) is 31.4 Å². The van der Waals surface area contributed by atoms with Crippen LogP contribution in [-0.2, 0) is 0 Å². The van der Waals surface area contributed by atoms with Gasteiger partial charge < -0.3 is 10.2 Å². The molecule has 1 spiro atoms. The summed E-state index contributed by atoms with van der Waals surface area (Å²) >= 11 is 12.4. The first-order chi connectivity index (χ1) is 9.62. The highest BCUT2D eigenvalue weighted by Gasteiger charge is 2.40. The highest BCUT2D eigenvalue weighted by molar-refractivity contribution is 6.35. The number of anilines is 1. The lowest BCUT2D eigenvalue weighted by atomic mass is 9.91. The second-order valence-corrected chi connectivity index (χ2v) is 7.06. The van der Waals surface area contributed by atoms with E-state index in [0.29, 0.717) is 11.6 Å². The van der Waals surface area contributed by atoms with Crippen molar-refractivity contribution < 1.29 is 0 Å². The van der Waals surface area contributed by atoms with Crippen molar-refractivity contribution in [3.05, 3.63) is 28.2 Å². The maximum atomic E-state index is 6.18. The number of hydrogen-bond acceptors (Lipinski definition) is 2. The van der Waals surface area contributed by atoms with Gasteiger partial charge in [-0.25, -0.2) is 0 Å². The first-order valence-electron chi connectivity index (χ1n) is 7.60. The molecule has 0 bridgehead atoms. The predicted octanol–water partition coefficient (Wildman–Crippen LogP) is 4.49. The lowest BCUT2D eigenvalue weighted by Crippen LogP contribution is -2.63. The molecule has 2 fully saturated rings. The molecular formula is C16H22Cl2N2. The standard InChI is InChI=1S/C16H22Cl2N2/c1-2-14-10-19-16(5-3-4-6-16)11-20(14)15-8-12(17)7-13(18)9-15/h7-9,14,19H,2-6,10-11H2,1H3. The Labute approximate surface area is 131 Å². The fraction of sp³-hybridized carbons (Fsp3) is 0.625. The molecule has 0 aromatic heterocycles. The highest BCUT2D eigenvalue weighted by Crippen LogP contribution is 2.36. The van der Waals surface area contributed by atoms with E-state index in [2.05, 4.69) is 17.1 Å². The second kappa shape index (κ2) is 5.75. The maximum absolute atomic E-state index is 6.18. The summed E-state index contributed by atoms with van der Waals surface area (Å²) in [6.07, 6.45) is 6.39. The average molecular weight is 313 g/mol. The predicted molar refractivity (Wildman–Crippen MR) is 87.1 cm³/mol. The maximum Gasteiger partial charge on any atom is 0.0441 e. The van der Waals surface area contributed by atoms with Gasteiger partial charge in [0, 0.05) is 40.4 Å². The Bertz CT molecular complexity index is 463. The summed E-state index contributed by atoms with van der Waals surface area (Å²) in [5.74, 6) is 0. The van der Waals surface area contributed by atoms with Crippen molar-refractivity contribution in [2.24, 2.45) is 0 Å². The summed E-state index contributed by atoms with van der Waals surface area (Å²) < 4.78 is 0. The molecule has 110 valence electrons. The number of benzene rings is 1.